The van der Waals surface area contributed by atoms with Gasteiger partial charge in [0.2, 0.25) is 0 Å². The number of benzene rings is 1. The lowest BCUT2D eigenvalue weighted by atomic mass is 10.1. The second-order valence-corrected chi connectivity index (χ2v) is 4.31. The van der Waals surface area contributed by atoms with Crippen LogP contribution in [0.2, 0.25) is 0 Å². The van der Waals surface area contributed by atoms with Crippen molar-refractivity contribution in [1.82, 2.24) is 0 Å². The summed E-state index contributed by atoms with van der Waals surface area (Å²) in [6, 6.07) is 5.48. The van der Waals surface area contributed by atoms with Crippen LogP contribution in [0.15, 0.2) is 49.1 Å². The minimum atomic E-state index is -1.23. The molecule has 4 N–H and O–H groups in total. The fraction of sp³-hybridized carbons (Fsp3) is 0.125. The number of carbonyl (C=O) groups is 4. The molecule has 0 saturated heterocycles. The number of hydrogen-bond donors (Lipinski definition) is 4. The van der Waals surface area contributed by atoms with Gasteiger partial charge < -0.3 is 20.4 Å². The fourth-order valence-corrected chi connectivity index (χ4v) is 1.47. The van der Waals surface area contributed by atoms with Gasteiger partial charge in [0.1, 0.15) is 0 Å². The molecule has 1 aromatic rings. The molecule has 0 aromatic heterocycles. The van der Waals surface area contributed by atoms with Gasteiger partial charge in [-0.3, -0.25) is 4.79 Å². The molecule has 0 spiro atoms. The topological polar surface area (TPSA) is 149 Å². The summed E-state index contributed by atoms with van der Waals surface area (Å²) in [6.07, 6.45) is 3.64. The zero-order valence-corrected chi connectivity index (χ0v) is 12.5. The molecule has 0 heterocycles. The van der Waals surface area contributed by atoms with Crippen LogP contribution in [0.3, 0.4) is 0 Å². The first-order chi connectivity index (χ1) is 11.2. The van der Waals surface area contributed by atoms with E-state index in [1.807, 2.05) is 0 Å². The van der Waals surface area contributed by atoms with E-state index in [4.69, 9.17) is 20.4 Å². The minimum absolute atomic E-state index is 0.158. The Labute approximate surface area is 137 Å². The van der Waals surface area contributed by atoms with Gasteiger partial charge in [0.05, 0.1) is 17.0 Å². The van der Waals surface area contributed by atoms with Crippen molar-refractivity contribution >= 4 is 23.9 Å². The zero-order chi connectivity index (χ0) is 18.7. The lowest BCUT2D eigenvalue weighted by molar-refractivity contribution is -0.140. The molecule has 1 rings (SSSR count). The number of aliphatic carboxylic acids is 2. The van der Waals surface area contributed by atoms with Crippen molar-refractivity contribution in [3.63, 3.8) is 0 Å². The Morgan fingerprint density at radius 3 is 1.71 bits per heavy atom. The van der Waals surface area contributed by atoms with Crippen molar-refractivity contribution in [2.75, 3.05) is 0 Å². The third kappa shape index (κ3) is 7.55. The van der Waals surface area contributed by atoms with Crippen LogP contribution in [0.25, 0.3) is 0 Å². The van der Waals surface area contributed by atoms with Crippen LogP contribution in [0.5, 0.6) is 0 Å². The van der Waals surface area contributed by atoms with E-state index in [1.165, 1.54) is 36.4 Å². The zero-order valence-electron chi connectivity index (χ0n) is 12.5. The third-order valence-corrected chi connectivity index (χ3v) is 2.64. The summed E-state index contributed by atoms with van der Waals surface area (Å²) < 4.78 is 0. The Bertz CT molecular complexity index is 627. The van der Waals surface area contributed by atoms with Crippen LogP contribution in [0.1, 0.15) is 27.1 Å². The van der Waals surface area contributed by atoms with E-state index in [9.17, 15) is 19.2 Å². The predicted octanol–water partition coefficient (Wildman–Crippen LogP) is 1.99. The van der Waals surface area contributed by atoms with Crippen LogP contribution in [-0.2, 0) is 9.59 Å². The summed E-state index contributed by atoms with van der Waals surface area (Å²) in [7, 11) is 0. The predicted molar refractivity (Wildman–Crippen MR) is 83.1 cm³/mol. The van der Waals surface area contributed by atoms with E-state index < -0.39 is 29.8 Å². The highest BCUT2D eigenvalue weighted by molar-refractivity contribution is 6.01. The van der Waals surface area contributed by atoms with E-state index in [0.717, 1.165) is 6.08 Å². The van der Waals surface area contributed by atoms with E-state index >= 15 is 0 Å². The van der Waals surface area contributed by atoms with Gasteiger partial charge >= 0.3 is 23.9 Å². The summed E-state index contributed by atoms with van der Waals surface area (Å²) in [5.41, 5.74) is -0.380. The van der Waals surface area contributed by atoms with Crippen LogP contribution in [0.4, 0.5) is 0 Å². The van der Waals surface area contributed by atoms with Gasteiger partial charge in [-0.1, -0.05) is 24.3 Å². The molecule has 1 aromatic carbocycles. The summed E-state index contributed by atoms with van der Waals surface area (Å²) in [4.78, 5) is 41.3. The van der Waals surface area contributed by atoms with Crippen LogP contribution >= 0.6 is 0 Å². The van der Waals surface area contributed by atoms with Crippen molar-refractivity contribution in [1.29, 1.82) is 0 Å². The maximum atomic E-state index is 10.5. The monoisotopic (exact) mass is 336 g/mol. The smallest absolute Gasteiger partial charge is 0.336 e. The quantitative estimate of drug-likeness (QED) is 0.436. The molecule has 1 unspecified atom stereocenters. The SMILES string of the molecule is C=CC(C/C=C/C(=O)O)C(=O)O.O=C(O)c1ccccc1C(=O)O. The molecule has 0 aliphatic rings. The molecule has 1 atom stereocenters. The van der Waals surface area contributed by atoms with Crippen LogP contribution in [-0.4, -0.2) is 44.3 Å². The average molecular weight is 336 g/mol. The second kappa shape index (κ2) is 10.3. The summed E-state index contributed by atoms with van der Waals surface area (Å²) in [5.74, 6) is -5.25. The Balaban J connectivity index is 0.000000441. The number of allylic oxidation sites excluding steroid dienone is 1. The first kappa shape index (κ1) is 20.6. The molecule has 0 bridgehead atoms. The number of rotatable bonds is 7. The normalized spacial score (nSPS) is 11.0. The van der Waals surface area contributed by atoms with Gasteiger partial charge in [0.15, 0.2) is 0 Å². The summed E-state index contributed by atoms with van der Waals surface area (Å²) >= 11 is 0. The maximum Gasteiger partial charge on any atom is 0.336 e. The van der Waals surface area contributed by atoms with Gasteiger partial charge in [-0.2, -0.15) is 0 Å². The molecule has 0 radical (unpaired) electrons. The lowest BCUT2D eigenvalue weighted by Crippen LogP contribution is -2.09. The molecule has 24 heavy (non-hydrogen) atoms. The lowest BCUT2D eigenvalue weighted by Gasteiger charge is -2.00. The molecule has 0 aliphatic carbocycles. The van der Waals surface area contributed by atoms with Crippen molar-refractivity contribution in [3.05, 3.63) is 60.2 Å². The fourth-order valence-electron chi connectivity index (χ4n) is 1.47. The van der Waals surface area contributed by atoms with Crippen LogP contribution in [0, 0.1) is 5.92 Å². The Kier molecular flexibility index (Phi) is 8.86. The van der Waals surface area contributed by atoms with Crippen molar-refractivity contribution in [3.8, 4) is 0 Å². The van der Waals surface area contributed by atoms with Gasteiger partial charge in [0, 0.05) is 6.08 Å². The molecular formula is C16H16O8. The molecule has 0 aliphatic heterocycles. The summed E-state index contributed by atoms with van der Waals surface area (Å²) in [6.45, 7) is 3.32. The molecule has 0 saturated carbocycles. The van der Waals surface area contributed by atoms with Gasteiger partial charge in [0.25, 0.3) is 0 Å². The van der Waals surface area contributed by atoms with E-state index in [-0.39, 0.29) is 17.5 Å². The molecule has 8 heteroatoms. The first-order valence-corrected chi connectivity index (χ1v) is 6.51. The molecular weight excluding hydrogens is 320 g/mol. The summed E-state index contributed by atoms with van der Waals surface area (Å²) in [5, 5.41) is 33.8. The average Bonchev–Trinajstić information content (AvgIpc) is 2.51. The standard InChI is InChI=1S/C8H6O4.C8H10O4/c9-7(10)5-3-1-2-4-6(5)8(11)12;1-2-6(8(11)12)4-3-5-7(9)10/h1-4H,(H,9,10)(H,11,12);2-3,5-6H,1,4H2,(H,9,10)(H,11,12)/b;5-3+. The third-order valence-electron chi connectivity index (χ3n) is 2.64. The molecule has 0 amide bonds. The first-order valence-electron chi connectivity index (χ1n) is 6.51. The van der Waals surface area contributed by atoms with Crippen LogP contribution < -0.4 is 0 Å². The van der Waals surface area contributed by atoms with E-state index in [2.05, 4.69) is 6.58 Å². The highest BCUT2D eigenvalue weighted by Crippen LogP contribution is 2.08. The molecule has 8 nitrogen and oxygen atoms in total. The largest absolute Gasteiger partial charge is 0.481 e. The van der Waals surface area contributed by atoms with Crippen molar-refractivity contribution in [2.45, 2.75) is 6.42 Å². The van der Waals surface area contributed by atoms with Gasteiger partial charge in [-0.15, -0.1) is 6.58 Å². The highest BCUT2D eigenvalue weighted by Gasteiger charge is 2.13. The highest BCUT2D eigenvalue weighted by atomic mass is 16.4. The Hall–Kier alpha value is -3.42. The Morgan fingerprint density at radius 2 is 1.42 bits per heavy atom. The second-order valence-electron chi connectivity index (χ2n) is 4.31. The van der Waals surface area contributed by atoms with E-state index in [0.29, 0.717) is 0 Å². The van der Waals surface area contributed by atoms with Crippen molar-refractivity contribution in [2.24, 2.45) is 5.92 Å². The van der Waals surface area contributed by atoms with Gasteiger partial charge in [-0.05, 0) is 18.6 Å². The number of carboxylic acids is 4. The molecule has 0 fully saturated rings. The van der Waals surface area contributed by atoms with Crippen molar-refractivity contribution < 1.29 is 39.6 Å². The number of carboxylic acid groups (broad SMARTS) is 4. The van der Waals surface area contributed by atoms with Gasteiger partial charge in [-0.25, -0.2) is 14.4 Å². The molecule has 128 valence electrons. The number of aromatic carboxylic acids is 2. The minimum Gasteiger partial charge on any atom is -0.481 e. The number of hydrogen-bond acceptors (Lipinski definition) is 4. The Morgan fingerprint density at radius 1 is 0.958 bits per heavy atom. The van der Waals surface area contributed by atoms with E-state index in [1.54, 1.807) is 0 Å². The maximum absolute atomic E-state index is 10.5.